The van der Waals surface area contributed by atoms with Crippen LogP contribution in [0.25, 0.3) is 0 Å². The normalized spacial score (nSPS) is 16.3. The molecule has 4 heteroatoms. The Morgan fingerprint density at radius 3 is 2.93 bits per heavy atom. The second kappa shape index (κ2) is 3.81. The van der Waals surface area contributed by atoms with Crippen LogP contribution < -0.4 is 10.6 Å². The Hall–Kier alpha value is -1.71. The van der Waals surface area contributed by atoms with E-state index < -0.39 is 0 Å². The van der Waals surface area contributed by atoms with E-state index in [1.54, 1.807) is 11.0 Å². The lowest BCUT2D eigenvalue weighted by molar-refractivity contribution is 0.140. The molecule has 1 amide bonds. The van der Waals surface area contributed by atoms with Crippen LogP contribution in [0.4, 0.5) is 16.2 Å². The van der Waals surface area contributed by atoms with Crippen LogP contribution in [-0.2, 0) is 4.74 Å². The Morgan fingerprint density at radius 2 is 2.27 bits per heavy atom. The van der Waals surface area contributed by atoms with Crippen LogP contribution in [0.15, 0.2) is 18.2 Å². The molecule has 4 nitrogen and oxygen atoms in total. The molecule has 0 aliphatic carbocycles. The summed E-state index contributed by atoms with van der Waals surface area (Å²) in [4.78, 5) is 13.2. The average molecular weight is 206 g/mol. The van der Waals surface area contributed by atoms with Crippen LogP contribution in [0.3, 0.4) is 0 Å². The maximum atomic E-state index is 11.5. The van der Waals surface area contributed by atoms with E-state index in [-0.39, 0.29) is 6.09 Å². The van der Waals surface area contributed by atoms with Crippen LogP contribution in [0.2, 0.25) is 0 Å². The van der Waals surface area contributed by atoms with Crippen molar-refractivity contribution in [3.63, 3.8) is 0 Å². The Labute approximate surface area is 88.6 Å². The van der Waals surface area contributed by atoms with Gasteiger partial charge in [-0.1, -0.05) is 0 Å². The minimum absolute atomic E-state index is 0.269. The first-order valence-electron chi connectivity index (χ1n) is 4.99. The summed E-state index contributed by atoms with van der Waals surface area (Å²) in [6.07, 6.45) is 0.601. The average Bonchev–Trinajstić information content (AvgIpc) is 2.20. The van der Waals surface area contributed by atoms with Crippen molar-refractivity contribution < 1.29 is 9.53 Å². The molecule has 2 rings (SSSR count). The number of carbonyl (C=O) groups excluding carboxylic acids is 1. The van der Waals surface area contributed by atoms with Crippen molar-refractivity contribution in [2.45, 2.75) is 13.3 Å². The fourth-order valence-electron chi connectivity index (χ4n) is 1.75. The zero-order valence-corrected chi connectivity index (χ0v) is 8.69. The van der Waals surface area contributed by atoms with Gasteiger partial charge >= 0.3 is 6.09 Å². The summed E-state index contributed by atoms with van der Waals surface area (Å²) in [5.41, 5.74) is 8.24. The Morgan fingerprint density at radius 1 is 1.47 bits per heavy atom. The van der Waals surface area contributed by atoms with Crippen molar-refractivity contribution in [1.82, 2.24) is 0 Å². The third-order valence-electron chi connectivity index (χ3n) is 2.48. The van der Waals surface area contributed by atoms with Crippen molar-refractivity contribution in [1.29, 1.82) is 0 Å². The van der Waals surface area contributed by atoms with Gasteiger partial charge in [-0.2, -0.15) is 0 Å². The maximum Gasteiger partial charge on any atom is 0.414 e. The summed E-state index contributed by atoms with van der Waals surface area (Å²) in [6, 6.07) is 5.51. The summed E-state index contributed by atoms with van der Waals surface area (Å²) in [6.45, 7) is 3.17. The van der Waals surface area contributed by atoms with E-state index in [1.807, 2.05) is 19.1 Å². The van der Waals surface area contributed by atoms with E-state index in [9.17, 15) is 4.79 Å². The van der Waals surface area contributed by atoms with Crippen molar-refractivity contribution in [2.75, 3.05) is 23.8 Å². The van der Waals surface area contributed by atoms with E-state index in [0.717, 1.165) is 17.7 Å². The molecule has 0 atom stereocenters. The number of nitrogens with zero attached hydrogens (tertiary/aromatic N) is 1. The number of hydrogen-bond acceptors (Lipinski definition) is 3. The summed E-state index contributed by atoms with van der Waals surface area (Å²) in [7, 11) is 0. The van der Waals surface area contributed by atoms with Gasteiger partial charge in [-0.25, -0.2) is 4.79 Å². The van der Waals surface area contributed by atoms with Gasteiger partial charge in [-0.05, 0) is 37.1 Å². The highest BCUT2D eigenvalue weighted by molar-refractivity contribution is 5.89. The number of amides is 1. The number of rotatable bonds is 1. The topological polar surface area (TPSA) is 55.6 Å². The first-order valence-corrected chi connectivity index (χ1v) is 4.99. The van der Waals surface area contributed by atoms with Crippen LogP contribution >= 0.6 is 0 Å². The van der Waals surface area contributed by atoms with Gasteiger partial charge in [0.15, 0.2) is 0 Å². The number of nitrogens with two attached hydrogens (primary N) is 1. The number of anilines is 2. The standard InChI is InChI=1S/C11H14N2O2/c1-8-7-9(12)3-4-10(8)13-5-2-6-15-11(13)14/h3-4,7H,2,5-6,12H2,1H3. The third kappa shape index (κ3) is 1.88. The molecule has 2 N–H and O–H groups in total. The van der Waals surface area contributed by atoms with Gasteiger partial charge in [0.25, 0.3) is 0 Å². The highest BCUT2D eigenvalue weighted by Gasteiger charge is 2.22. The van der Waals surface area contributed by atoms with Gasteiger partial charge in [-0.3, -0.25) is 4.90 Å². The van der Waals surface area contributed by atoms with Crippen LogP contribution in [0, 0.1) is 6.92 Å². The second-order valence-electron chi connectivity index (χ2n) is 3.67. The summed E-state index contributed by atoms with van der Waals surface area (Å²) >= 11 is 0. The molecular weight excluding hydrogens is 192 g/mol. The van der Waals surface area contributed by atoms with Gasteiger partial charge < -0.3 is 10.5 Å². The lowest BCUT2D eigenvalue weighted by Gasteiger charge is -2.27. The van der Waals surface area contributed by atoms with E-state index in [2.05, 4.69) is 0 Å². The highest BCUT2D eigenvalue weighted by Crippen LogP contribution is 2.24. The number of ether oxygens (including phenoxy) is 1. The van der Waals surface area contributed by atoms with Gasteiger partial charge in [0.1, 0.15) is 0 Å². The minimum Gasteiger partial charge on any atom is -0.449 e. The molecule has 1 saturated heterocycles. The number of nitrogen functional groups attached to an aromatic ring is 1. The lowest BCUT2D eigenvalue weighted by atomic mass is 10.1. The molecule has 80 valence electrons. The largest absolute Gasteiger partial charge is 0.449 e. The molecule has 1 fully saturated rings. The molecule has 1 heterocycles. The van der Waals surface area contributed by atoms with Gasteiger partial charge in [0.2, 0.25) is 0 Å². The molecule has 0 radical (unpaired) electrons. The summed E-state index contributed by atoms with van der Waals surface area (Å²) in [5, 5.41) is 0. The zero-order valence-electron chi connectivity index (χ0n) is 8.69. The monoisotopic (exact) mass is 206 g/mol. The van der Waals surface area contributed by atoms with E-state index >= 15 is 0 Å². The molecule has 1 aliphatic rings. The van der Waals surface area contributed by atoms with Crippen molar-refractivity contribution >= 4 is 17.5 Å². The predicted molar refractivity (Wildman–Crippen MR) is 58.9 cm³/mol. The molecule has 0 aromatic heterocycles. The molecule has 15 heavy (non-hydrogen) atoms. The molecule has 0 bridgehead atoms. The van der Waals surface area contributed by atoms with Crippen molar-refractivity contribution in [3.05, 3.63) is 23.8 Å². The first-order chi connectivity index (χ1) is 7.18. The van der Waals surface area contributed by atoms with Crippen LogP contribution in [0.1, 0.15) is 12.0 Å². The summed E-state index contributed by atoms with van der Waals surface area (Å²) in [5.74, 6) is 0. The van der Waals surface area contributed by atoms with Crippen molar-refractivity contribution in [3.8, 4) is 0 Å². The molecule has 0 spiro atoms. The van der Waals surface area contributed by atoms with Crippen LogP contribution in [-0.4, -0.2) is 19.2 Å². The molecule has 0 saturated carbocycles. The van der Waals surface area contributed by atoms with Crippen LogP contribution in [0.5, 0.6) is 0 Å². The minimum atomic E-state index is -0.269. The fraction of sp³-hybridized carbons (Fsp3) is 0.364. The van der Waals surface area contributed by atoms with Crippen molar-refractivity contribution in [2.24, 2.45) is 0 Å². The Kier molecular flexibility index (Phi) is 2.49. The predicted octanol–water partition coefficient (Wildman–Crippen LogP) is 1.92. The first kappa shape index (κ1) is 9.83. The van der Waals surface area contributed by atoms with Gasteiger partial charge in [-0.15, -0.1) is 0 Å². The fourth-order valence-corrected chi connectivity index (χ4v) is 1.75. The highest BCUT2D eigenvalue weighted by atomic mass is 16.6. The van der Waals surface area contributed by atoms with Gasteiger partial charge in [0, 0.05) is 12.2 Å². The maximum absolute atomic E-state index is 11.5. The second-order valence-corrected chi connectivity index (χ2v) is 3.67. The smallest absolute Gasteiger partial charge is 0.414 e. The zero-order chi connectivity index (χ0) is 10.8. The molecule has 1 aliphatic heterocycles. The molecule has 0 unspecified atom stereocenters. The van der Waals surface area contributed by atoms with E-state index in [1.165, 1.54) is 0 Å². The third-order valence-corrected chi connectivity index (χ3v) is 2.48. The Bertz CT molecular complexity index is 390. The Balaban J connectivity index is 2.31. The molecule has 1 aromatic rings. The SMILES string of the molecule is Cc1cc(N)ccc1N1CCCOC1=O. The lowest BCUT2D eigenvalue weighted by Crippen LogP contribution is -2.38. The van der Waals surface area contributed by atoms with E-state index in [0.29, 0.717) is 18.8 Å². The number of cyclic esters (lactones) is 1. The summed E-state index contributed by atoms with van der Waals surface area (Å²) < 4.78 is 4.99. The number of hydrogen-bond donors (Lipinski definition) is 1. The number of carbonyl (C=O) groups is 1. The quantitative estimate of drug-likeness (QED) is 0.714. The molecule has 1 aromatic carbocycles. The van der Waals surface area contributed by atoms with E-state index in [4.69, 9.17) is 10.5 Å². The molecular formula is C11H14N2O2. The number of benzene rings is 1. The van der Waals surface area contributed by atoms with Gasteiger partial charge in [0.05, 0.1) is 12.3 Å². The number of aryl methyl sites for hydroxylation is 1.